The minimum atomic E-state index is -0.136. The fraction of sp³-hybridized carbons (Fsp3) is 0.565. The van der Waals surface area contributed by atoms with Gasteiger partial charge in [0.25, 0.3) is 5.91 Å². The van der Waals surface area contributed by atoms with E-state index in [2.05, 4.69) is 10.2 Å². The van der Waals surface area contributed by atoms with Gasteiger partial charge in [-0.2, -0.15) is 0 Å². The molecule has 2 amide bonds. The number of amides is 2. The van der Waals surface area contributed by atoms with Crippen LogP contribution in [0.25, 0.3) is 0 Å². The molecule has 4 rings (SSSR count). The van der Waals surface area contributed by atoms with Crippen LogP contribution in [0.15, 0.2) is 35.4 Å². The van der Waals surface area contributed by atoms with Gasteiger partial charge in [-0.3, -0.25) is 9.59 Å². The highest BCUT2D eigenvalue weighted by atomic mass is 16.5. The van der Waals surface area contributed by atoms with E-state index in [1.165, 1.54) is 5.57 Å². The number of nitrogens with one attached hydrogen (secondary N) is 1. The summed E-state index contributed by atoms with van der Waals surface area (Å²) in [5.41, 5.74) is 3.74. The Hall–Kier alpha value is -2.38. The Morgan fingerprint density at radius 3 is 2.70 bits per heavy atom. The zero-order valence-corrected chi connectivity index (χ0v) is 17.7. The van der Waals surface area contributed by atoms with Crippen molar-refractivity contribution in [1.29, 1.82) is 0 Å². The number of hydrogen-bond donors (Lipinski definition) is 1. The molecule has 0 radical (unpaired) electrons. The maximum Gasteiger partial charge on any atom is 0.250 e. The third-order valence-electron chi connectivity index (χ3n) is 6.26. The smallest absolute Gasteiger partial charge is 0.250 e. The number of nitrogens with zero attached hydrogens (tertiary/aromatic N) is 2. The number of anilines is 2. The molecular weight excluding hydrogens is 382 g/mol. The number of hydrogen-bond acceptors (Lipinski definition) is 5. The van der Waals surface area contributed by atoms with Crippen molar-refractivity contribution in [2.45, 2.75) is 38.1 Å². The summed E-state index contributed by atoms with van der Waals surface area (Å²) in [4.78, 5) is 29.9. The van der Waals surface area contributed by atoms with E-state index in [0.29, 0.717) is 18.7 Å². The second-order valence-electron chi connectivity index (χ2n) is 8.13. The molecular formula is C23H31N3O4. The molecule has 7 heteroatoms. The summed E-state index contributed by atoms with van der Waals surface area (Å²) in [6.45, 7) is 4.35. The average Bonchev–Trinajstić information content (AvgIpc) is 3.04. The van der Waals surface area contributed by atoms with E-state index in [1.807, 2.05) is 29.2 Å². The van der Waals surface area contributed by atoms with E-state index in [4.69, 9.17) is 9.47 Å². The molecule has 0 aromatic heterocycles. The quantitative estimate of drug-likeness (QED) is 0.744. The topological polar surface area (TPSA) is 71.1 Å². The molecule has 2 aliphatic heterocycles. The fourth-order valence-corrected chi connectivity index (χ4v) is 4.72. The summed E-state index contributed by atoms with van der Waals surface area (Å²) in [6, 6.07) is 8.04. The third-order valence-corrected chi connectivity index (χ3v) is 6.26. The second kappa shape index (κ2) is 9.62. The Kier molecular flexibility index (Phi) is 6.69. The lowest BCUT2D eigenvalue weighted by Crippen LogP contribution is -2.39. The molecule has 0 spiro atoms. The van der Waals surface area contributed by atoms with Crippen molar-refractivity contribution in [2.24, 2.45) is 0 Å². The van der Waals surface area contributed by atoms with E-state index in [9.17, 15) is 9.59 Å². The number of fused-ring (bicyclic) bond motifs is 1. The molecule has 1 unspecified atom stereocenters. The predicted molar refractivity (Wildman–Crippen MR) is 116 cm³/mol. The Balaban J connectivity index is 1.39. The number of methoxy groups -OCH3 is 1. The van der Waals surface area contributed by atoms with Gasteiger partial charge in [0.2, 0.25) is 5.91 Å². The highest BCUT2D eigenvalue weighted by molar-refractivity contribution is 6.04. The second-order valence-corrected chi connectivity index (χ2v) is 8.13. The van der Waals surface area contributed by atoms with Crippen molar-refractivity contribution < 1.29 is 19.1 Å². The fourth-order valence-electron chi connectivity index (χ4n) is 4.72. The largest absolute Gasteiger partial charge is 0.383 e. The standard InChI is InChI=1S/C23H31N3O4/c1-29-13-12-26-21-5-3-2-4-19(21)20(23(26)28)16-22(27)24-17-6-8-18(9-7-17)25-10-14-30-15-11-25/h6-9,21H,2-5,10-16H2,1H3,(H,24,27). The van der Waals surface area contributed by atoms with Crippen LogP contribution in [-0.2, 0) is 19.1 Å². The Bertz CT molecular complexity index is 799. The summed E-state index contributed by atoms with van der Waals surface area (Å²) in [6.07, 6.45) is 4.25. The third kappa shape index (κ3) is 4.52. The number of ether oxygens (including phenoxy) is 2. The number of morpholine rings is 1. The minimum absolute atomic E-state index is 0.00626. The maximum absolute atomic E-state index is 13.0. The number of benzene rings is 1. The van der Waals surface area contributed by atoms with Gasteiger partial charge < -0.3 is 24.6 Å². The van der Waals surface area contributed by atoms with Crippen molar-refractivity contribution in [3.05, 3.63) is 35.4 Å². The van der Waals surface area contributed by atoms with Gasteiger partial charge in [0.05, 0.1) is 32.3 Å². The van der Waals surface area contributed by atoms with Crippen LogP contribution in [0.4, 0.5) is 11.4 Å². The van der Waals surface area contributed by atoms with Crippen LogP contribution >= 0.6 is 0 Å². The van der Waals surface area contributed by atoms with Gasteiger partial charge in [-0.1, -0.05) is 6.42 Å². The van der Waals surface area contributed by atoms with Gasteiger partial charge in [0, 0.05) is 43.7 Å². The van der Waals surface area contributed by atoms with Crippen molar-refractivity contribution >= 4 is 23.2 Å². The molecule has 7 nitrogen and oxygen atoms in total. The summed E-state index contributed by atoms with van der Waals surface area (Å²) in [5, 5.41) is 2.96. The van der Waals surface area contributed by atoms with Crippen LogP contribution in [0.2, 0.25) is 0 Å². The molecule has 30 heavy (non-hydrogen) atoms. The van der Waals surface area contributed by atoms with E-state index in [0.717, 1.165) is 63.4 Å². The maximum atomic E-state index is 13.0. The zero-order chi connectivity index (χ0) is 20.9. The minimum Gasteiger partial charge on any atom is -0.383 e. The molecule has 162 valence electrons. The summed E-state index contributed by atoms with van der Waals surface area (Å²) in [7, 11) is 1.65. The van der Waals surface area contributed by atoms with Crippen molar-refractivity contribution in [2.75, 3.05) is 56.8 Å². The van der Waals surface area contributed by atoms with Gasteiger partial charge in [-0.05, 0) is 49.1 Å². The van der Waals surface area contributed by atoms with Crippen LogP contribution in [-0.4, -0.2) is 69.3 Å². The number of carbonyl (C=O) groups is 2. The molecule has 1 aliphatic carbocycles. The van der Waals surface area contributed by atoms with Gasteiger partial charge >= 0.3 is 0 Å². The molecule has 3 aliphatic rings. The monoisotopic (exact) mass is 413 g/mol. The van der Waals surface area contributed by atoms with E-state index in [-0.39, 0.29) is 24.3 Å². The molecule has 1 aromatic carbocycles. The van der Waals surface area contributed by atoms with Gasteiger partial charge in [0.15, 0.2) is 0 Å². The van der Waals surface area contributed by atoms with E-state index < -0.39 is 0 Å². The number of carbonyl (C=O) groups excluding carboxylic acids is 2. The Morgan fingerprint density at radius 1 is 1.20 bits per heavy atom. The van der Waals surface area contributed by atoms with E-state index >= 15 is 0 Å². The van der Waals surface area contributed by atoms with Crippen LogP contribution in [0.1, 0.15) is 32.1 Å². The van der Waals surface area contributed by atoms with E-state index in [1.54, 1.807) is 7.11 Å². The zero-order valence-electron chi connectivity index (χ0n) is 17.7. The molecule has 0 bridgehead atoms. The predicted octanol–water partition coefficient (Wildman–Crippen LogP) is 2.58. The molecule has 1 saturated heterocycles. The first-order valence-corrected chi connectivity index (χ1v) is 10.9. The van der Waals surface area contributed by atoms with Gasteiger partial charge in [-0.15, -0.1) is 0 Å². The van der Waals surface area contributed by atoms with Crippen LogP contribution in [0.5, 0.6) is 0 Å². The normalized spacial score (nSPS) is 21.8. The molecule has 2 fully saturated rings. The Morgan fingerprint density at radius 2 is 1.97 bits per heavy atom. The molecule has 1 atom stereocenters. The lowest BCUT2D eigenvalue weighted by Gasteiger charge is -2.29. The van der Waals surface area contributed by atoms with Crippen molar-refractivity contribution in [1.82, 2.24) is 4.90 Å². The lowest BCUT2D eigenvalue weighted by molar-refractivity contribution is -0.129. The summed E-state index contributed by atoms with van der Waals surface area (Å²) in [5.74, 6) is -0.130. The van der Waals surface area contributed by atoms with Crippen LogP contribution < -0.4 is 10.2 Å². The lowest BCUT2D eigenvalue weighted by atomic mass is 9.88. The highest BCUT2D eigenvalue weighted by Gasteiger charge is 2.40. The van der Waals surface area contributed by atoms with Gasteiger partial charge in [0.1, 0.15) is 0 Å². The molecule has 1 aromatic rings. The van der Waals surface area contributed by atoms with Crippen molar-refractivity contribution in [3.63, 3.8) is 0 Å². The SMILES string of the molecule is COCCN1C(=O)C(CC(=O)Nc2ccc(N3CCOCC3)cc2)=C2CCCCC21. The molecule has 2 heterocycles. The average molecular weight is 414 g/mol. The Labute approximate surface area is 178 Å². The molecule has 1 saturated carbocycles. The van der Waals surface area contributed by atoms with Crippen LogP contribution in [0, 0.1) is 0 Å². The van der Waals surface area contributed by atoms with Crippen LogP contribution in [0.3, 0.4) is 0 Å². The van der Waals surface area contributed by atoms with Gasteiger partial charge in [-0.25, -0.2) is 0 Å². The highest BCUT2D eigenvalue weighted by Crippen LogP contribution is 2.37. The summed E-state index contributed by atoms with van der Waals surface area (Å²) >= 11 is 0. The first-order valence-electron chi connectivity index (χ1n) is 10.9. The summed E-state index contributed by atoms with van der Waals surface area (Å²) < 4.78 is 10.6. The first kappa shape index (κ1) is 20.9. The van der Waals surface area contributed by atoms with Crippen molar-refractivity contribution in [3.8, 4) is 0 Å². The number of rotatable bonds is 7. The first-order chi connectivity index (χ1) is 14.7. The molecule has 1 N–H and O–H groups in total.